The molecule has 0 saturated heterocycles. The molecule has 0 bridgehead atoms. The topological polar surface area (TPSA) is 50.2 Å². The van der Waals surface area contributed by atoms with Gasteiger partial charge in [0.2, 0.25) is 0 Å². The van der Waals surface area contributed by atoms with E-state index in [-0.39, 0.29) is 23.0 Å². The lowest BCUT2D eigenvalue weighted by Gasteiger charge is -2.23. The van der Waals surface area contributed by atoms with E-state index < -0.39 is 5.82 Å². The molecule has 1 aliphatic rings. The number of aryl methyl sites for hydroxylation is 1. The first-order chi connectivity index (χ1) is 12.5. The van der Waals surface area contributed by atoms with Crippen molar-refractivity contribution in [3.8, 4) is 0 Å². The van der Waals surface area contributed by atoms with Crippen LogP contribution in [0.3, 0.4) is 0 Å². The molecule has 0 fully saturated rings. The quantitative estimate of drug-likeness (QED) is 0.751. The molecule has 3 aromatic rings. The van der Waals surface area contributed by atoms with Crippen molar-refractivity contribution in [1.82, 2.24) is 14.5 Å². The monoisotopic (exact) mass is 374 g/mol. The van der Waals surface area contributed by atoms with Crippen molar-refractivity contribution < 1.29 is 13.1 Å². The first-order valence-corrected chi connectivity index (χ1v) is 8.80. The summed E-state index contributed by atoms with van der Waals surface area (Å²) >= 11 is -0.138. The van der Waals surface area contributed by atoms with Crippen LogP contribution in [0.15, 0.2) is 35.2 Å². The van der Waals surface area contributed by atoms with Crippen molar-refractivity contribution in [1.29, 1.82) is 0 Å². The molecule has 8 heteroatoms. The van der Waals surface area contributed by atoms with Gasteiger partial charge < -0.3 is 14.8 Å². The Morgan fingerprint density at radius 2 is 2.04 bits per heavy atom. The Balaban J connectivity index is 1.75. The van der Waals surface area contributed by atoms with E-state index in [1.165, 1.54) is 18.2 Å². The second-order valence-corrected chi connectivity index (χ2v) is 6.87. The fourth-order valence-corrected chi connectivity index (χ4v) is 3.62. The Hall–Kier alpha value is -2.61. The van der Waals surface area contributed by atoms with E-state index in [2.05, 4.69) is 10.3 Å². The zero-order valence-electron chi connectivity index (χ0n) is 14.2. The average Bonchev–Trinajstić information content (AvgIpc) is 2.92. The van der Waals surface area contributed by atoms with E-state index in [0.717, 1.165) is 17.5 Å². The van der Waals surface area contributed by atoms with E-state index in [0.29, 0.717) is 29.3 Å². The van der Waals surface area contributed by atoms with Gasteiger partial charge in [0.15, 0.2) is 0 Å². The molecule has 0 atom stereocenters. The smallest absolute Gasteiger partial charge is 0.256 e. The summed E-state index contributed by atoms with van der Waals surface area (Å²) in [5.41, 5.74) is 2.91. The number of hydrogen-bond donors (Lipinski definition) is 1. The number of likely N-dealkylation sites (N-methyl/N-ethyl adjacent to an activating group) is 1. The Morgan fingerprint density at radius 1 is 1.23 bits per heavy atom. The van der Waals surface area contributed by atoms with Gasteiger partial charge in [0, 0.05) is 43.8 Å². The molecule has 4 rings (SSSR count). The zero-order valence-corrected chi connectivity index (χ0v) is 15.0. The first-order valence-electron chi connectivity index (χ1n) is 8.08. The summed E-state index contributed by atoms with van der Waals surface area (Å²) < 4.78 is 28.1. The number of amides is 1. The number of nitrogens with zero attached hydrogens (tertiary/aromatic N) is 3. The molecular formula is C18H16F2N4OS. The molecule has 0 unspecified atom stereocenters. The van der Waals surface area contributed by atoms with Crippen molar-refractivity contribution in [2.45, 2.75) is 11.3 Å². The lowest BCUT2D eigenvalue weighted by atomic mass is 10.0. The maximum atomic E-state index is 13.4. The van der Waals surface area contributed by atoms with Crippen LogP contribution in [0.25, 0.3) is 11.0 Å². The van der Waals surface area contributed by atoms with Crippen LogP contribution in [0.1, 0.15) is 16.1 Å². The summed E-state index contributed by atoms with van der Waals surface area (Å²) in [6.07, 6.45) is 0.780. The van der Waals surface area contributed by atoms with Gasteiger partial charge in [-0.1, -0.05) is 0 Å². The number of halogens is 2. The minimum Gasteiger partial charge on any atom is -0.341 e. The van der Waals surface area contributed by atoms with Crippen LogP contribution < -0.4 is 5.32 Å². The van der Waals surface area contributed by atoms with E-state index in [1.807, 2.05) is 17.7 Å². The van der Waals surface area contributed by atoms with Crippen molar-refractivity contribution in [3.63, 3.8) is 0 Å². The molecule has 26 heavy (non-hydrogen) atoms. The number of carbonyl (C=O) groups excluding carboxylic acids is 1. The molecule has 0 spiro atoms. The van der Waals surface area contributed by atoms with Crippen LogP contribution in [0.4, 0.5) is 19.8 Å². The van der Waals surface area contributed by atoms with Crippen molar-refractivity contribution in [3.05, 3.63) is 47.4 Å². The van der Waals surface area contributed by atoms with Gasteiger partial charge in [-0.05, 0) is 30.3 Å². The summed E-state index contributed by atoms with van der Waals surface area (Å²) in [4.78, 5) is 18.7. The van der Waals surface area contributed by atoms with Gasteiger partial charge in [-0.15, -0.1) is 0 Å². The molecule has 2 aromatic heterocycles. The molecule has 134 valence electrons. The van der Waals surface area contributed by atoms with Gasteiger partial charge >= 0.3 is 0 Å². The van der Waals surface area contributed by atoms with Crippen molar-refractivity contribution in [2.24, 2.45) is 7.05 Å². The lowest BCUT2D eigenvalue weighted by Crippen LogP contribution is -2.34. The normalized spacial score (nSPS) is 14.0. The van der Waals surface area contributed by atoms with Gasteiger partial charge in [-0.2, -0.15) is 3.89 Å². The molecule has 3 heterocycles. The van der Waals surface area contributed by atoms with E-state index in [9.17, 15) is 13.1 Å². The van der Waals surface area contributed by atoms with Crippen LogP contribution in [-0.2, 0) is 13.5 Å². The Labute approximate surface area is 153 Å². The highest BCUT2D eigenvalue weighted by atomic mass is 32.2. The predicted octanol–water partition coefficient (Wildman–Crippen LogP) is 4.06. The summed E-state index contributed by atoms with van der Waals surface area (Å²) in [6.45, 7) is 0.681. The third kappa shape index (κ3) is 2.61. The average molecular weight is 374 g/mol. The van der Waals surface area contributed by atoms with Gasteiger partial charge in [0.05, 0.1) is 22.6 Å². The number of fused-ring (bicyclic) bond motifs is 3. The van der Waals surface area contributed by atoms with Crippen molar-refractivity contribution in [2.75, 3.05) is 18.9 Å². The SMILES string of the molecule is CN1CCc2c(c3ccc(Nc4ccc(F)c(SF)c4)nc3n2C)C1=O. The molecular weight excluding hydrogens is 358 g/mol. The van der Waals surface area contributed by atoms with E-state index in [1.54, 1.807) is 18.0 Å². The molecule has 1 N–H and O–H groups in total. The maximum Gasteiger partial charge on any atom is 0.256 e. The first kappa shape index (κ1) is 16.8. The molecule has 0 saturated carbocycles. The third-order valence-corrected chi connectivity index (χ3v) is 5.17. The highest BCUT2D eigenvalue weighted by molar-refractivity contribution is 7.94. The maximum absolute atomic E-state index is 13.4. The van der Waals surface area contributed by atoms with Crippen LogP contribution in [0.5, 0.6) is 0 Å². The standard InChI is InChI=1S/C18H16F2N4OS/c1-23-8-7-13-16(18(23)25)11-4-6-15(22-17(11)24(13)2)21-10-3-5-12(19)14(9-10)26-20/h3-6,9H,7-8H2,1-2H3,(H,21,22). The minimum absolute atomic E-state index is 0.00232. The lowest BCUT2D eigenvalue weighted by molar-refractivity contribution is 0.0781. The van der Waals surface area contributed by atoms with Crippen LogP contribution in [-0.4, -0.2) is 34.0 Å². The number of anilines is 2. The Morgan fingerprint density at radius 3 is 2.81 bits per heavy atom. The zero-order chi connectivity index (χ0) is 18.4. The number of rotatable bonds is 3. The molecule has 0 radical (unpaired) electrons. The van der Waals surface area contributed by atoms with E-state index >= 15 is 0 Å². The number of benzene rings is 1. The molecule has 0 aliphatic carbocycles. The predicted molar refractivity (Wildman–Crippen MR) is 98.0 cm³/mol. The second kappa shape index (κ2) is 6.28. The number of pyridine rings is 1. The summed E-state index contributed by atoms with van der Waals surface area (Å²) in [5.74, 6) is -0.0654. The van der Waals surface area contributed by atoms with Gasteiger partial charge in [0.1, 0.15) is 17.3 Å². The molecule has 1 amide bonds. The summed E-state index contributed by atoms with van der Waals surface area (Å²) in [5, 5.41) is 3.87. The number of aromatic nitrogens is 2. The fourth-order valence-electron chi connectivity index (χ4n) is 3.31. The highest BCUT2D eigenvalue weighted by Crippen LogP contribution is 2.31. The summed E-state index contributed by atoms with van der Waals surface area (Å²) in [7, 11) is 3.69. The third-order valence-electron chi connectivity index (χ3n) is 4.69. The summed E-state index contributed by atoms with van der Waals surface area (Å²) in [6, 6.07) is 7.74. The van der Waals surface area contributed by atoms with Crippen molar-refractivity contribution >= 4 is 40.6 Å². The van der Waals surface area contributed by atoms with Crippen LogP contribution in [0, 0.1) is 5.82 Å². The number of hydrogen-bond acceptors (Lipinski definition) is 4. The Kier molecular flexibility index (Phi) is 4.07. The van der Waals surface area contributed by atoms with Gasteiger partial charge in [0.25, 0.3) is 5.91 Å². The number of nitrogens with one attached hydrogen (secondary N) is 1. The second-order valence-electron chi connectivity index (χ2n) is 6.27. The van der Waals surface area contributed by atoms with Gasteiger partial charge in [-0.25, -0.2) is 9.37 Å². The fraction of sp³-hybridized carbons (Fsp3) is 0.222. The molecule has 1 aliphatic heterocycles. The Bertz CT molecular complexity index is 1030. The molecule has 5 nitrogen and oxygen atoms in total. The van der Waals surface area contributed by atoms with Gasteiger partial charge in [-0.3, -0.25) is 4.79 Å². The highest BCUT2D eigenvalue weighted by Gasteiger charge is 2.28. The number of carbonyl (C=O) groups is 1. The van der Waals surface area contributed by atoms with Crippen LogP contribution >= 0.6 is 12.1 Å². The van der Waals surface area contributed by atoms with Crippen LogP contribution in [0.2, 0.25) is 0 Å². The minimum atomic E-state index is -0.607. The molecule has 1 aromatic carbocycles. The largest absolute Gasteiger partial charge is 0.341 e. The van der Waals surface area contributed by atoms with E-state index in [4.69, 9.17) is 0 Å².